The molecule has 1 fully saturated rings. The van der Waals surface area contributed by atoms with Crippen molar-refractivity contribution in [3.63, 3.8) is 0 Å². The number of likely N-dealkylation sites (tertiary alicyclic amines) is 1. The van der Waals surface area contributed by atoms with Crippen LogP contribution in [0.15, 0.2) is 30.3 Å². The Bertz CT molecular complexity index is 525. The van der Waals surface area contributed by atoms with Crippen LogP contribution in [0.25, 0.3) is 0 Å². The molecule has 0 unspecified atom stereocenters. The van der Waals surface area contributed by atoms with Gasteiger partial charge in [-0.05, 0) is 50.5 Å². The second kappa shape index (κ2) is 6.54. The second-order valence-electron chi connectivity index (χ2n) is 8.64. The normalized spacial score (nSPS) is 22.8. The molecule has 1 aliphatic rings. The first kappa shape index (κ1) is 17.8. The van der Waals surface area contributed by atoms with Gasteiger partial charge in [-0.2, -0.15) is 0 Å². The SMILES string of the molecule is CC(C)(C)OC(=O)N1CCC[C@H](C(C)(C)C)[C@H]1c1ccccc1. The third-order valence-corrected chi connectivity index (χ3v) is 4.51. The molecule has 1 saturated heterocycles. The molecule has 128 valence electrons. The number of carbonyl (C=O) groups excluding carboxylic acids is 1. The lowest BCUT2D eigenvalue weighted by atomic mass is 9.70. The molecule has 1 aromatic carbocycles. The molecule has 0 aliphatic carbocycles. The molecule has 1 heterocycles. The van der Waals surface area contributed by atoms with Crippen molar-refractivity contribution >= 4 is 6.09 Å². The fraction of sp³-hybridized carbons (Fsp3) is 0.650. The van der Waals surface area contributed by atoms with Crippen molar-refractivity contribution in [1.82, 2.24) is 4.90 Å². The topological polar surface area (TPSA) is 29.5 Å². The molecule has 0 aromatic heterocycles. The minimum Gasteiger partial charge on any atom is -0.444 e. The smallest absolute Gasteiger partial charge is 0.410 e. The van der Waals surface area contributed by atoms with Gasteiger partial charge in [-0.3, -0.25) is 0 Å². The number of rotatable bonds is 1. The first-order valence-corrected chi connectivity index (χ1v) is 8.64. The second-order valence-corrected chi connectivity index (χ2v) is 8.64. The third-order valence-electron chi connectivity index (χ3n) is 4.51. The quantitative estimate of drug-likeness (QED) is 0.692. The standard InChI is InChI=1S/C20H31NO2/c1-19(2,3)16-13-10-14-21(18(22)23-20(4,5)6)17(16)15-11-8-7-9-12-15/h7-9,11-12,16-17H,10,13-14H2,1-6H3/t16-,17+/m0/s1. The number of hydrogen-bond acceptors (Lipinski definition) is 2. The van der Waals surface area contributed by atoms with Crippen LogP contribution in [0.2, 0.25) is 0 Å². The average Bonchev–Trinajstić information content (AvgIpc) is 2.44. The van der Waals surface area contributed by atoms with Gasteiger partial charge >= 0.3 is 6.09 Å². The van der Waals surface area contributed by atoms with E-state index >= 15 is 0 Å². The van der Waals surface area contributed by atoms with Gasteiger partial charge in [-0.1, -0.05) is 51.1 Å². The molecule has 3 heteroatoms. The van der Waals surface area contributed by atoms with E-state index < -0.39 is 5.60 Å². The highest BCUT2D eigenvalue weighted by molar-refractivity contribution is 5.69. The third kappa shape index (κ3) is 4.49. The molecule has 0 spiro atoms. The molecular weight excluding hydrogens is 286 g/mol. The predicted molar refractivity (Wildman–Crippen MR) is 94.3 cm³/mol. The van der Waals surface area contributed by atoms with Crippen molar-refractivity contribution in [2.75, 3.05) is 6.54 Å². The molecule has 2 atom stereocenters. The highest BCUT2D eigenvalue weighted by Gasteiger charge is 2.42. The van der Waals surface area contributed by atoms with Gasteiger partial charge in [0.15, 0.2) is 0 Å². The Kier molecular flexibility index (Phi) is 5.07. The number of ether oxygens (including phenoxy) is 1. The molecule has 1 amide bonds. The summed E-state index contributed by atoms with van der Waals surface area (Å²) < 4.78 is 5.68. The van der Waals surface area contributed by atoms with E-state index in [0.717, 1.165) is 19.4 Å². The van der Waals surface area contributed by atoms with Crippen molar-refractivity contribution in [2.24, 2.45) is 11.3 Å². The number of carbonyl (C=O) groups is 1. The Morgan fingerprint density at radius 3 is 2.22 bits per heavy atom. The van der Waals surface area contributed by atoms with E-state index in [1.165, 1.54) is 5.56 Å². The summed E-state index contributed by atoms with van der Waals surface area (Å²) in [7, 11) is 0. The van der Waals surface area contributed by atoms with Gasteiger partial charge < -0.3 is 9.64 Å². The van der Waals surface area contributed by atoms with Crippen LogP contribution in [0.4, 0.5) is 4.79 Å². The zero-order valence-corrected chi connectivity index (χ0v) is 15.4. The van der Waals surface area contributed by atoms with Crippen molar-refractivity contribution in [2.45, 2.75) is 66.0 Å². The minimum atomic E-state index is -0.465. The molecule has 1 aromatic rings. The maximum Gasteiger partial charge on any atom is 0.410 e. The van der Waals surface area contributed by atoms with Crippen LogP contribution in [0, 0.1) is 11.3 Å². The van der Waals surface area contributed by atoms with Crippen LogP contribution in [-0.4, -0.2) is 23.1 Å². The van der Waals surface area contributed by atoms with Gasteiger partial charge in [0.25, 0.3) is 0 Å². The van der Waals surface area contributed by atoms with Crippen LogP contribution in [0.1, 0.15) is 66.0 Å². The van der Waals surface area contributed by atoms with Crippen molar-refractivity contribution in [3.8, 4) is 0 Å². The summed E-state index contributed by atoms with van der Waals surface area (Å²) in [5, 5.41) is 0. The maximum atomic E-state index is 12.8. The van der Waals surface area contributed by atoms with Crippen molar-refractivity contribution < 1.29 is 9.53 Å². The first-order chi connectivity index (χ1) is 10.6. The van der Waals surface area contributed by atoms with E-state index in [1.807, 2.05) is 31.7 Å². The molecule has 2 rings (SSSR count). The van der Waals surface area contributed by atoms with Gasteiger partial charge in [0.1, 0.15) is 5.60 Å². The first-order valence-electron chi connectivity index (χ1n) is 8.64. The van der Waals surface area contributed by atoms with Crippen LogP contribution in [0.3, 0.4) is 0 Å². The fourth-order valence-corrected chi connectivity index (χ4v) is 3.49. The summed E-state index contributed by atoms with van der Waals surface area (Å²) >= 11 is 0. The average molecular weight is 317 g/mol. The van der Waals surface area contributed by atoms with E-state index in [0.29, 0.717) is 5.92 Å². The summed E-state index contributed by atoms with van der Waals surface area (Å²) in [4.78, 5) is 14.7. The fourth-order valence-electron chi connectivity index (χ4n) is 3.49. The molecule has 3 nitrogen and oxygen atoms in total. The summed E-state index contributed by atoms with van der Waals surface area (Å²) in [5.41, 5.74) is 0.881. The van der Waals surface area contributed by atoms with Gasteiger partial charge in [-0.25, -0.2) is 4.79 Å². The van der Waals surface area contributed by atoms with E-state index in [2.05, 4.69) is 45.0 Å². The maximum absolute atomic E-state index is 12.8. The highest BCUT2D eigenvalue weighted by Crippen LogP contribution is 2.45. The van der Waals surface area contributed by atoms with Gasteiger partial charge in [-0.15, -0.1) is 0 Å². The van der Waals surface area contributed by atoms with Crippen LogP contribution in [-0.2, 0) is 4.74 Å². The van der Waals surface area contributed by atoms with Crippen LogP contribution < -0.4 is 0 Å². The van der Waals surface area contributed by atoms with Gasteiger partial charge in [0.05, 0.1) is 6.04 Å². The number of piperidine rings is 1. The Morgan fingerprint density at radius 1 is 1.09 bits per heavy atom. The summed E-state index contributed by atoms with van der Waals surface area (Å²) in [6.07, 6.45) is 1.98. The van der Waals surface area contributed by atoms with E-state index in [9.17, 15) is 4.79 Å². The van der Waals surface area contributed by atoms with Crippen molar-refractivity contribution in [3.05, 3.63) is 35.9 Å². The Labute approximate surface area is 141 Å². The zero-order valence-electron chi connectivity index (χ0n) is 15.4. The Balaban J connectivity index is 2.37. The lowest BCUT2D eigenvalue weighted by molar-refractivity contribution is -0.0160. The van der Waals surface area contributed by atoms with Gasteiger partial charge in [0, 0.05) is 6.54 Å². The number of benzene rings is 1. The van der Waals surface area contributed by atoms with Gasteiger partial charge in [0.2, 0.25) is 0 Å². The van der Waals surface area contributed by atoms with Crippen LogP contribution in [0.5, 0.6) is 0 Å². The molecule has 0 saturated carbocycles. The van der Waals surface area contributed by atoms with E-state index in [1.54, 1.807) is 0 Å². The van der Waals surface area contributed by atoms with Crippen molar-refractivity contribution in [1.29, 1.82) is 0 Å². The Hall–Kier alpha value is -1.51. The lowest BCUT2D eigenvalue weighted by Crippen LogP contribution is -2.48. The summed E-state index contributed by atoms with van der Waals surface area (Å²) in [5.74, 6) is 0.422. The molecule has 0 N–H and O–H groups in total. The summed E-state index contributed by atoms with van der Waals surface area (Å²) in [6.45, 7) is 13.3. The minimum absolute atomic E-state index is 0.0831. The number of nitrogens with zero attached hydrogens (tertiary/aromatic N) is 1. The largest absolute Gasteiger partial charge is 0.444 e. The van der Waals surface area contributed by atoms with E-state index in [-0.39, 0.29) is 17.6 Å². The van der Waals surface area contributed by atoms with E-state index in [4.69, 9.17) is 4.74 Å². The predicted octanol–water partition coefficient (Wildman–Crippen LogP) is 5.42. The lowest BCUT2D eigenvalue weighted by Gasteiger charge is -2.47. The molecular formula is C20H31NO2. The Morgan fingerprint density at radius 2 is 1.70 bits per heavy atom. The molecule has 23 heavy (non-hydrogen) atoms. The summed E-state index contributed by atoms with van der Waals surface area (Å²) in [6, 6.07) is 10.5. The highest BCUT2D eigenvalue weighted by atomic mass is 16.6. The zero-order chi connectivity index (χ0) is 17.3. The molecule has 0 radical (unpaired) electrons. The molecule has 1 aliphatic heterocycles. The molecule has 0 bridgehead atoms. The monoisotopic (exact) mass is 317 g/mol. The number of hydrogen-bond donors (Lipinski definition) is 0. The van der Waals surface area contributed by atoms with Crippen LogP contribution >= 0.6 is 0 Å². The number of amides is 1.